The van der Waals surface area contributed by atoms with Gasteiger partial charge < -0.3 is 10.1 Å². The van der Waals surface area contributed by atoms with E-state index in [0.29, 0.717) is 24.7 Å². The van der Waals surface area contributed by atoms with Gasteiger partial charge in [0.1, 0.15) is 6.33 Å². The van der Waals surface area contributed by atoms with E-state index in [4.69, 9.17) is 4.74 Å². The molecular weight excluding hydrogens is 244 g/mol. The minimum absolute atomic E-state index is 0.0214. The molecule has 2 aromatic heterocycles. The molecule has 19 heavy (non-hydrogen) atoms. The number of imidazole rings is 1. The van der Waals surface area contributed by atoms with Crippen molar-refractivity contribution in [3.63, 3.8) is 0 Å². The highest BCUT2D eigenvalue weighted by atomic mass is 16.5. The highest BCUT2D eigenvalue weighted by molar-refractivity contribution is 5.94. The van der Waals surface area contributed by atoms with E-state index in [1.807, 2.05) is 6.07 Å². The third-order valence-electron chi connectivity index (χ3n) is 3.09. The summed E-state index contributed by atoms with van der Waals surface area (Å²) in [5, 5.41) is 2.91. The van der Waals surface area contributed by atoms with E-state index < -0.39 is 0 Å². The molecule has 1 atom stereocenters. The van der Waals surface area contributed by atoms with Gasteiger partial charge in [0.25, 0.3) is 0 Å². The lowest BCUT2D eigenvalue weighted by atomic mass is 10.1. The zero-order valence-electron chi connectivity index (χ0n) is 10.3. The predicted molar refractivity (Wildman–Crippen MR) is 68.9 cm³/mol. The van der Waals surface area contributed by atoms with Crippen LogP contribution in [0.15, 0.2) is 37.1 Å². The van der Waals surface area contributed by atoms with E-state index >= 15 is 0 Å². The quantitative estimate of drug-likeness (QED) is 0.899. The molecule has 3 rings (SSSR count). The molecular formula is C13H14N4O2. The van der Waals surface area contributed by atoms with E-state index in [1.54, 1.807) is 35.6 Å². The second-order valence-electron chi connectivity index (χ2n) is 4.39. The largest absolute Gasteiger partial charge is 0.381 e. The Kier molecular flexibility index (Phi) is 3.24. The number of pyridine rings is 1. The Labute approximate surface area is 110 Å². The molecule has 2 aromatic rings. The molecule has 3 heterocycles. The van der Waals surface area contributed by atoms with Crippen molar-refractivity contribution in [2.24, 2.45) is 5.92 Å². The third-order valence-corrected chi connectivity index (χ3v) is 3.09. The summed E-state index contributed by atoms with van der Waals surface area (Å²) in [5.74, 6) is 0.565. The first-order chi connectivity index (χ1) is 9.34. The maximum Gasteiger partial charge on any atom is 0.230 e. The van der Waals surface area contributed by atoms with Gasteiger partial charge >= 0.3 is 0 Å². The van der Waals surface area contributed by atoms with Crippen molar-refractivity contribution in [3.05, 3.63) is 37.1 Å². The van der Waals surface area contributed by atoms with Crippen LogP contribution in [0.1, 0.15) is 6.42 Å². The van der Waals surface area contributed by atoms with Crippen LogP contribution in [0.3, 0.4) is 0 Å². The van der Waals surface area contributed by atoms with Gasteiger partial charge in [-0.1, -0.05) is 0 Å². The van der Waals surface area contributed by atoms with Crippen molar-refractivity contribution in [1.82, 2.24) is 14.5 Å². The van der Waals surface area contributed by atoms with Crippen molar-refractivity contribution in [1.29, 1.82) is 0 Å². The lowest BCUT2D eigenvalue weighted by Gasteiger charge is -2.12. The molecule has 0 saturated carbocycles. The number of aromatic nitrogens is 3. The van der Waals surface area contributed by atoms with Gasteiger partial charge in [0.15, 0.2) is 5.82 Å². The minimum atomic E-state index is -0.0733. The van der Waals surface area contributed by atoms with Gasteiger partial charge in [0.05, 0.1) is 18.2 Å². The summed E-state index contributed by atoms with van der Waals surface area (Å²) in [7, 11) is 0. The van der Waals surface area contributed by atoms with Gasteiger partial charge in [-0.05, 0) is 18.6 Å². The molecule has 1 aliphatic rings. The SMILES string of the molecule is O=C(Nc1cccnc1-n1ccnc1)C1CCOC1. The molecule has 0 radical (unpaired) electrons. The number of hydrogen-bond acceptors (Lipinski definition) is 4. The number of carbonyl (C=O) groups excluding carboxylic acids is 1. The molecule has 1 N–H and O–H groups in total. The molecule has 1 amide bonds. The summed E-state index contributed by atoms with van der Waals surface area (Å²) in [6.45, 7) is 1.14. The fourth-order valence-electron chi connectivity index (χ4n) is 2.06. The maximum atomic E-state index is 12.1. The maximum absolute atomic E-state index is 12.1. The Bertz CT molecular complexity index is 562. The average Bonchev–Trinajstić information content (AvgIpc) is 3.13. The molecule has 6 nitrogen and oxygen atoms in total. The van der Waals surface area contributed by atoms with Crippen LogP contribution in [-0.4, -0.2) is 33.7 Å². The number of ether oxygens (including phenoxy) is 1. The number of carbonyl (C=O) groups is 1. The summed E-state index contributed by atoms with van der Waals surface area (Å²) < 4.78 is 6.99. The van der Waals surface area contributed by atoms with Crippen molar-refractivity contribution < 1.29 is 9.53 Å². The molecule has 0 bridgehead atoms. The topological polar surface area (TPSA) is 69.0 Å². The van der Waals surface area contributed by atoms with Crippen LogP contribution in [0.5, 0.6) is 0 Å². The average molecular weight is 258 g/mol. The van der Waals surface area contributed by atoms with Gasteiger partial charge in [-0.2, -0.15) is 0 Å². The molecule has 1 saturated heterocycles. The van der Waals surface area contributed by atoms with E-state index in [1.165, 1.54) is 0 Å². The van der Waals surface area contributed by atoms with Crippen LogP contribution < -0.4 is 5.32 Å². The van der Waals surface area contributed by atoms with Crippen LogP contribution in [0.25, 0.3) is 5.82 Å². The van der Waals surface area contributed by atoms with E-state index in [9.17, 15) is 4.79 Å². The Morgan fingerprint density at radius 1 is 1.47 bits per heavy atom. The van der Waals surface area contributed by atoms with Gasteiger partial charge in [0, 0.05) is 25.2 Å². The predicted octanol–water partition coefficient (Wildman–Crippen LogP) is 1.24. The molecule has 1 aliphatic heterocycles. The summed E-state index contributed by atoms with van der Waals surface area (Å²) in [4.78, 5) is 20.4. The van der Waals surface area contributed by atoms with Gasteiger partial charge in [-0.3, -0.25) is 9.36 Å². The zero-order chi connectivity index (χ0) is 13.1. The van der Waals surface area contributed by atoms with Crippen LogP contribution in [0, 0.1) is 5.92 Å². The smallest absolute Gasteiger partial charge is 0.230 e. The number of nitrogens with one attached hydrogen (secondary N) is 1. The normalized spacial score (nSPS) is 18.4. The molecule has 1 fully saturated rings. The number of amides is 1. The molecule has 6 heteroatoms. The van der Waals surface area contributed by atoms with Gasteiger partial charge in [0.2, 0.25) is 5.91 Å². The molecule has 0 aliphatic carbocycles. The van der Waals surface area contributed by atoms with E-state index in [0.717, 1.165) is 6.42 Å². The number of nitrogens with zero attached hydrogens (tertiary/aromatic N) is 3. The Balaban J connectivity index is 1.83. The van der Waals surface area contributed by atoms with Crippen molar-refractivity contribution in [2.75, 3.05) is 18.5 Å². The summed E-state index contributed by atoms with van der Waals surface area (Å²) in [6.07, 6.45) is 7.56. The van der Waals surface area contributed by atoms with Crippen LogP contribution >= 0.6 is 0 Å². The van der Waals surface area contributed by atoms with Crippen molar-refractivity contribution in [2.45, 2.75) is 6.42 Å². The Morgan fingerprint density at radius 3 is 3.16 bits per heavy atom. The second-order valence-corrected chi connectivity index (χ2v) is 4.39. The standard InChI is InChI=1S/C13H14N4O2/c18-13(10-3-7-19-8-10)16-11-2-1-4-15-12(11)17-6-5-14-9-17/h1-2,4-6,9-10H,3,7-8H2,(H,16,18). The van der Waals surface area contributed by atoms with E-state index in [-0.39, 0.29) is 11.8 Å². The Hall–Kier alpha value is -2.21. The number of hydrogen-bond donors (Lipinski definition) is 1. The van der Waals surface area contributed by atoms with Crippen molar-refractivity contribution in [3.8, 4) is 5.82 Å². The minimum Gasteiger partial charge on any atom is -0.381 e. The Morgan fingerprint density at radius 2 is 2.42 bits per heavy atom. The highest BCUT2D eigenvalue weighted by Crippen LogP contribution is 2.20. The summed E-state index contributed by atoms with van der Waals surface area (Å²) >= 11 is 0. The fourth-order valence-corrected chi connectivity index (χ4v) is 2.06. The monoisotopic (exact) mass is 258 g/mol. The number of anilines is 1. The fraction of sp³-hybridized carbons (Fsp3) is 0.308. The molecule has 0 aromatic carbocycles. The lowest BCUT2D eigenvalue weighted by Crippen LogP contribution is -2.23. The summed E-state index contributed by atoms with van der Waals surface area (Å²) in [5.41, 5.74) is 0.678. The first-order valence-corrected chi connectivity index (χ1v) is 6.16. The number of rotatable bonds is 3. The summed E-state index contributed by atoms with van der Waals surface area (Å²) in [6, 6.07) is 3.62. The van der Waals surface area contributed by atoms with Crippen molar-refractivity contribution >= 4 is 11.6 Å². The van der Waals surface area contributed by atoms with Crippen LogP contribution in [0.4, 0.5) is 5.69 Å². The first kappa shape index (κ1) is 11.9. The molecule has 1 unspecified atom stereocenters. The third kappa shape index (κ3) is 2.48. The van der Waals surface area contributed by atoms with Crippen LogP contribution in [-0.2, 0) is 9.53 Å². The lowest BCUT2D eigenvalue weighted by molar-refractivity contribution is -0.119. The van der Waals surface area contributed by atoms with Gasteiger partial charge in [-0.25, -0.2) is 9.97 Å². The molecule has 98 valence electrons. The van der Waals surface area contributed by atoms with Crippen LogP contribution in [0.2, 0.25) is 0 Å². The second kappa shape index (κ2) is 5.19. The van der Waals surface area contributed by atoms with Gasteiger partial charge in [-0.15, -0.1) is 0 Å². The van der Waals surface area contributed by atoms with E-state index in [2.05, 4.69) is 15.3 Å². The highest BCUT2D eigenvalue weighted by Gasteiger charge is 2.24. The first-order valence-electron chi connectivity index (χ1n) is 6.16. The molecule has 0 spiro atoms. The zero-order valence-corrected chi connectivity index (χ0v) is 10.3.